The summed E-state index contributed by atoms with van der Waals surface area (Å²) in [4.78, 5) is 28.3. The molecule has 1 aromatic carbocycles. The number of hydrogen-bond donors (Lipinski definition) is 0. The molecule has 0 saturated carbocycles. The van der Waals surface area contributed by atoms with Crippen molar-refractivity contribution in [2.75, 3.05) is 32.7 Å². The smallest absolute Gasteiger partial charge is 0.410 e. The van der Waals surface area contributed by atoms with Gasteiger partial charge in [0.1, 0.15) is 5.60 Å². The van der Waals surface area contributed by atoms with Gasteiger partial charge in [0.05, 0.1) is 6.54 Å². The number of Topliss-reactive ketones (excluding diaryl/α,β-unsaturated/α-hetero) is 1. The summed E-state index contributed by atoms with van der Waals surface area (Å²) in [5.74, 6) is 0.589. The molecule has 0 spiro atoms. The number of carbonyl (C=O) groups excluding carboxylic acids is 2. The van der Waals surface area contributed by atoms with Gasteiger partial charge >= 0.3 is 6.09 Å². The summed E-state index contributed by atoms with van der Waals surface area (Å²) in [6.07, 6.45) is -0.275. The third kappa shape index (κ3) is 5.85. The normalized spacial score (nSPS) is 16.2. The quantitative estimate of drug-likeness (QED) is 0.783. The van der Waals surface area contributed by atoms with Crippen LogP contribution in [-0.4, -0.2) is 60.0 Å². The Labute approximate surface area is 150 Å². The molecule has 0 aliphatic carbocycles. The van der Waals surface area contributed by atoms with Gasteiger partial charge in [-0.15, -0.1) is 0 Å². The number of carbonyl (C=O) groups is 2. The van der Waals surface area contributed by atoms with E-state index < -0.39 is 5.60 Å². The minimum absolute atomic E-state index is 0.126. The molecule has 1 aliphatic heterocycles. The van der Waals surface area contributed by atoms with Crippen LogP contribution in [0.1, 0.15) is 56.5 Å². The number of amides is 1. The van der Waals surface area contributed by atoms with Crippen molar-refractivity contribution in [3.05, 3.63) is 35.4 Å². The van der Waals surface area contributed by atoms with E-state index in [2.05, 4.69) is 18.7 Å². The van der Waals surface area contributed by atoms with Crippen LogP contribution in [0.3, 0.4) is 0 Å². The SMILES string of the molecule is CC(C)c1ccc(C(=O)CN2CCN(C(=O)OC(C)(C)C)CC2)cc1. The molecule has 138 valence electrons. The van der Waals surface area contributed by atoms with Crippen LogP contribution in [-0.2, 0) is 4.74 Å². The topological polar surface area (TPSA) is 49.9 Å². The second-order valence-corrected chi connectivity index (χ2v) is 7.94. The number of ether oxygens (including phenoxy) is 1. The zero-order chi connectivity index (χ0) is 18.6. The summed E-state index contributed by atoms with van der Waals surface area (Å²) < 4.78 is 5.39. The van der Waals surface area contributed by atoms with Gasteiger partial charge in [-0.25, -0.2) is 4.79 Å². The average molecular weight is 346 g/mol. The first-order chi connectivity index (χ1) is 11.7. The molecule has 0 atom stereocenters. The summed E-state index contributed by atoms with van der Waals surface area (Å²) in [6, 6.07) is 7.87. The standard InChI is InChI=1S/C20H30N2O3/c1-15(2)16-6-8-17(9-7-16)18(23)14-21-10-12-22(13-11-21)19(24)25-20(3,4)5/h6-9,15H,10-14H2,1-5H3. The highest BCUT2D eigenvalue weighted by Gasteiger charge is 2.26. The summed E-state index contributed by atoms with van der Waals surface area (Å²) in [5, 5.41) is 0. The third-order valence-corrected chi connectivity index (χ3v) is 4.29. The zero-order valence-corrected chi connectivity index (χ0v) is 16.0. The highest BCUT2D eigenvalue weighted by molar-refractivity contribution is 5.97. The van der Waals surface area contributed by atoms with E-state index in [1.165, 1.54) is 5.56 Å². The molecule has 2 rings (SSSR count). The van der Waals surface area contributed by atoms with Crippen LogP contribution in [0.2, 0.25) is 0 Å². The first-order valence-corrected chi connectivity index (χ1v) is 8.99. The predicted octanol–water partition coefficient (Wildman–Crippen LogP) is 3.55. The largest absolute Gasteiger partial charge is 0.444 e. The first kappa shape index (κ1) is 19.4. The fourth-order valence-electron chi connectivity index (χ4n) is 2.76. The fourth-order valence-corrected chi connectivity index (χ4v) is 2.76. The molecule has 25 heavy (non-hydrogen) atoms. The summed E-state index contributed by atoms with van der Waals surface area (Å²) in [6.45, 7) is 12.8. The number of benzene rings is 1. The average Bonchev–Trinajstić information content (AvgIpc) is 2.54. The Hall–Kier alpha value is -1.88. The lowest BCUT2D eigenvalue weighted by Gasteiger charge is -2.35. The van der Waals surface area contributed by atoms with Gasteiger partial charge in [0.15, 0.2) is 5.78 Å². The predicted molar refractivity (Wildman–Crippen MR) is 99.1 cm³/mol. The molecular weight excluding hydrogens is 316 g/mol. The maximum Gasteiger partial charge on any atom is 0.410 e. The molecule has 0 unspecified atom stereocenters. The lowest BCUT2D eigenvalue weighted by Crippen LogP contribution is -2.51. The van der Waals surface area contributed by atoms with Crippen molar-refractivity contribution < 1.29 is 14.3 Å². The van der Waals surface area contributed by atoms with Crippen molar-refractivity contribution in [1.82, 2.24) is 9.80 Å². The lowest BCUT2D eigenvalue weighted by atomic mass is 10.0. The van der Waals surface area contributed by atoms with Crippen LogP contribution in [0.15, 0.2) is 24.3 Å². The molecule has 5 heteroatoms. The zero-order valence-electron chi connectivity index (χ0n) is 16.0. The Morgan fingerprint density at radius 3 is 2.08 bits per heavy atom. The highest BCUT2D eigenvalue weighted by Crippen LogP contribution is 2.16. The lowest BCUT2D eigenvalue weighted by molar-refractivity contribution is 0.0149. The van der Waals surface area contributed by atoms with Gasteiger partial charge in [0, 0.05) is 31.7 Å². The number of piperazine rings is 1. The minimum Gasteiger partial charge on any atom is -0.444 e. The van der Waals surface area contributed by atoms with Crippen LogP contribution in [0, 0.1) is 0 Å². The second-order valence-electron chi connectivity index (χ2n) is 7.94. The molecule has 0 N–H and O–H groups in total. The van der Waals surface area contributed by atoms with Crippen molar-refractivity contribution >= 4 is 11.9 Å². The maximum atomic E-state index is 12.5. The van der Waals surface area contributed by atoms with E-state index in [1.807, 2.05) is 45.0 Å². The van der Waals surface area contributed by atoms with E-state index >= 15 is 0 Å². The van der Waals surface area contributed by atoms with E-state index in [0.717, 1.165) is 5.56 Å². The Balaban J connectivity index is 1.83. The Morgan fingerprint density at radius 1 is 1.04 bits per heavy atom. The van der Waals surface area contributed by atoms with Crippen LogP contribution in [0.25, 0.3) is 0 Å². The molecule has 1 heterocycles. The molecule has 1 amide bonds. The van der Waals surface area contributed by atoms with E-state index in [9.17, 15) is 9.59 Å². The van der Waals surface area contributed by atoms with Gasteiger partial charge in [0.25, 0.3) is 0 Å². The molecular formula is C20H30N2O3. The highest BCUT2D eigenvalue weighted by atomic mass is 16.6. The maximum absolute atomic E-state index is 12.5. The van der Waals surface area contributed by atoms with Crippen molar-refractivity contribution in [2.24, 2.45) is 0 Å². The van der Waals surface area contributed by atoms with Gasteiger partial charge in [-0.05, 0) is 32.3 Å². The molecule has 0 radical (unpaired) electrons. The fraction of sp³-hybridized carbons (Fsp3) is 0.600. The molecule has 0 aromatic heterocycles. The number of ketones is 1. The van der Waals surface area contributed by atoms with Crippen LogP contribution in [0.4, 0.5) is 4.79 Å². The van der Waals surface area contributed by atoms with E-state index in [1.54, 1.807) is 4.90 Å². The van der Waals surface area contributed by atoms with Gasteiger partial charge < -0.3 is 9.64 Å². The monoisotopic (exact) mass is 346 g/mol. The second kappa shape index (κ2) is 8.00. The van der Waals surface area contributed by atoms with Crippen molar-refractivity contribution in [2.45, 2.75) is 46.1 Å². The van der Waals surface area contributed by atoms with E-state index in [0.29, 0.717) is 38.6 Å². The number of hydrogen-bond acceptors (Lipinski definition) is 4. The van der Waals surface area contributed by atoms with E-state index in [4.69, 9.17) is 4.74 Å². The summed E-state index contributed by atoms with van der Waals surface area (Å²) in [5.41, 5.74) is 1.51. The van der Waals surface area contributed by atoms with Crippen LogP contribution >= 0.6 is 0 Å². The molecule has 1 fully saturated rings. The van der Waals surface area contributed by atoms with Gasteiger partial charge in [0.2, 0.25) is 0 Å². The Bertz CT molecular complexity index is 594. The number of rotatable bonds is 4. The van der Waals surface area contributed by atoms with Crippen LogP contribution < -0.4 is 0 Å². The van der Waals surface area contributed by atoms with E-state index in [-0.39, 0.29) is 11.9 Å². The first-order valence-electron chi connectivity index (χ1n) is 8.99. The van der Waals surface area contributed by atoms with Crippen molar-refractivity contribution in [3.63, 3.8) is 0 Å². The molecule has 1 aliphatic rings. The van der Waals surface area contributed by atoms with Crippen LogP contribution in [0.5, 0.6) is 0 Å². The molecule has 0 bridgehead atoms. The Kier molecular flexibility index (Phi) is 6.22. The van der Waals surface area contributed by atoms with Crippen molar-refractivity contribution in [1.29, 1.82) is 0 Å². The van der Waals surface area contributed by atoms with Gasteiger partial charge in [-0.1, -0.05) is 38.1 Å². The molecule has 1 aromatic rings. The molecule has 5 nitrogen and oxygen atoms in total. The van der Waals surface area contributed by atoms with Gasteiger partial charge in [-0.3, -0.25) is 9.69 Å². The Morgan fingerprint density at radius 2 is 1.60 bits per heavy atom. The third-order valence-electron chi connectivity index (χ3n) is 4.29. The van der Waals surface area contributed by atoms with Crippen molar-refractivity contribution in [3.8, 4) is 0 Å². The minimum atomic E-state index is -0.480. The summed E-state index contributed by atoms with van der Waals surface area (Å²) in [7, 11) is 0. The summed E-state index contributed by atoms with van der Waals surface area (Å²) >= 11 is 0. The number of nitrogens with zero attached hydrogens (tertiary/aromatic N) is 2. The molecule has 1 saturated heterocycles. The van der Waals surface area contributed by atoms with Gasteiger partial charge in [-0.2, -0.15) is 0 Å².